The third-order valence-corrected chi connectivity index (χ3v) is 14.1. The summed E-state index contributed by atoms with van der Waals surface area (Å²) in [5.74, 6) is -0.414. The van der Waals surface area contributed by atoms with Gasteiger partial charge in [0.2, 0.25) is 15.9 Å². The molecule has 0 radical (unpaired) electrons. The summed E-state index contributed by atoms with van der Waals surface area (Å²) in [6, 6.07) is 54.2. The van der Waals surface area contributed by atoms with Crippen LogP contribution in [-0.2, 0) is 43.9 Å². The lowest BCUT2D eigenvalue weighted by molar-refractivity contribution is -0.276. The number of fused-ring (bicyclic) bond motifs is 1. The molecular weight excluding hydrogens is 831 g/mol. The molecule has 0 unspecified atom stereocenters. The average molecular weight is 888 g/mol. The predicted octanol–water partition coefficient (Wildman–Crippen LogP) is 10.00. The van der Waals surface area contributed by atoms with E-state index in [0.29, 0.717) is 6.54 Å². The van der Waals surface area contributed by atoms with Crippen molar-refractivity contribution in [3.8, 4) is 11.1 Å². The van der Waals surface area contributed by atoms with Crippen molar-refractivity contribution in [3.63, 3.8) is 0 Å². The highest BCUT2D eigenvalue weighted by atomic mass is 32.2. The van der Waals surface area contributed by atoms with Crippen LogP contribution in [0.2, 0.25) is 0 Å². The topological polar surface area (TPSA) is 117 Å². The number of sulfonamides is 1. The number of aryl methyl sites for hydroxylation is 1. The Balaban J connectivity index is 0.999. The highest BCUT2D eigenvalue weighted by Gasteiger charge is 2.39. The minimum atomic E-state index is -3.98. The van der Waals surface area contributed by atoms with Crippen LogP contribution in [0.5, 0.6) is 0 Å². The van der Waals surface area contributed by atoms with Crippen molar-refractivity contribution in [3.05, 3.63) is 209 Å². The maximum absolute atomic E-state index is 13.8. The summed E-state index contributed by atoms with van der Waals surface area (Å²) < 4.78 is 43.4. The van der Waals surface area contributed by atoms with Gasteiger partial charge in [-0.05, 0) is 107 Å². The molecule has 7 aromatic rings. The van der Waals surface area contributed by atoms with Crippen LogP contribution in [0.1, 0.15) is 71.2 Å². The fourth-order valence-corrected chi connectivity index (χ4v) is 9.74. The van der Waals surface area contributed by atoms with Gasteiger partial charge in [-0.25, -0.2) is 8.42 Å². The molecule has 1 fully saturated rings. The number of amides is 1. The largest absolute Gasteiger partial charge is 0.392 e. The molecule has 1 aliphatic heterocycles. The number of nitrogens with zero attached hydrogens (tertiary/aromatic N) is 1. The number of carbonyl (C=O) groups excluding carboxylic acids is 1. The molecule has 1 amide bonds. The van der Waals surface area contributed by atoms with E-state index in [1.54, 1.807) is 24.3 Å². The zero-order chi connectivity index (χ0) is 45.5. The van der Waals surface area contributed by atoms with Gasteiger partial charge in [-0.15, -0.1) is 0 Å². The molecule has 0 bridgehead atoms. The summed E-state index contributed by atoms with van der Waals surface area (Å²) in [6.07, 6.45) is -0.912. The molecule has 1 heterocycles. The first kappa shape index (κ1) is 45.6. The standard InChI is InChI=1S/C55H57N3O6S/c1-37-20-28-50(29-21-37)65(61,62)57-51(31-40-12-6-5-7-13-40)54(60)56-34-42-14-10-17-46(30-42)48-18-11-19-49(33-48)55-63-52(38(2)53(64-55)44-24-22-41(36-59)23-25-44)35-58(4)39(3)45-27-26-43-15-8-9-16-47(43)32-45/h5-30,32-33,38-39,51-53,55,57,59H,31,34-36H2,1-4H3,(H,56,60)/t38-,39-,51-,52+,53+,55+/m1/s1. The monoisotopic (exact) mass is 887 g/mol. The van der Waals surface area contributed by atoms with E-state index in [1.165, 1.54) is 16.3 Å². The quantitative estimate of drug-likeness (QED) is 0.0885. The molecule has 0 aromatic heterocycles. The molecule has 0 spiro atoms. The van der Waals surface area contributed by atoms with E-state index in [9.17, 15) is 18.3 Å². The van der Waals surface area contributed by atoms with Gasteiger partial charge in [0, 0.05) is 30.6 Å². The van der Waals surface area contributed by atoms with Crippen LogP contribution in [0.3, 0.4) is 0 Å². The summed E-state index contributed by atoms with van der Waals surface area (Å²) in [6.45, 7) is 7.15. The minimum absolute atomic E-state index is 0.0118. The SMILES string of the molecule is Cc1ccc(S(=O)(=O)N[C@H](Cc2ccccc2)C(=O)NCc2cccc(-c3cccc([C@H]4O[C@@H](CN(C)[C@H](C)c5ccc6ccccc6c5)[C@@H](C)[C@@H](c5ccc(CO)cc5)O4)c3)c2)cc1. The van der Waals surface area contributed by atoms with Crippen molar-refractivity contribution < 1.29 is 27.8 Å². The molecule has 0 aliphatic carbocycles. The Morgan fingerprint density at radius 2 is 1.38 bits per heavy atom. The van der Waals surface area contributed by atoms with Crippen molar-refractivity contribution in [1.29, 1.82) is 0 Å². The van der Waals surface area contributed by atoms with Gasteiger partial charge in [-0.2, -0.15) is 4.72 Å². The van der Waals surface area contributed by atoms with E-state index < -0.39 is 28.3 Å². The van der Waals surface area contributed by atoms with E-state index in [2.05, 4.69) is 84.4 Å². The van der Waals surface area contributed by atoms with E-state index in [-0.39, 0.29) is 48.6 Å². The van der Waals surface area contributed by atoms with E-state index in [4.69, 9.17) is 9.47 Å². The van der Waals surface area contributed by atoms with Gasteiger partial charge >= 0.3 is 0 Å². The zero-order valence-corrected chi connectivity index (χ0v) is 38.1. The fraction of sp³-hybridized carbons (Fsp3) is 0.255. The van der Waals surface area contributed by atoms with Gasteiger partial charge in [-0.1, -0.05) is 152 Å². The van der Waals surface area contributed by atoms with E-state index in [1.807, 2.05) is 104 Å². The van der Waals surface area contributed by atoms with Gasteiger partial charge in [-0.3, -0.25) is 9.69 Å². The number of rotatable bonds is 16. The third kappa shape index (κ3) is 11.1. The van der Waals surface area contributed by atoms with Crippen LogP contribution < -0.4 is 10.0 Å². The number of aliphatic hydroxyl groups is 1. The summed E-state index contributed by atoms with van der Waals surface area (Å²) in [5, 5.41) is 15.2. The molecule has 3 N–H and O–H groups in total. The molecule has 6 atom stereocenters. The van der Waals surface area contributed by atoms with Crippen molar-refractivity contribution in [2.75, 3.05) is 13.6 Å². The van der Waals surface area contributed by atoms with Gasteiger partial charge < -0.3 is 19.9 Å². The Morgan fingerprint density at radius 1 is 0.708 bits per heavy atom. The normalized spacial score (nSPS) is 18.6. The average Bonchev–Trinajstić information content (AvgIpc) is 3.33. The van der Waals surface area contributed by atoms with E-state index >= 15 is 0 Å². The lowest BCUT2D eigenvalue weighted by atomic mass is 9.89. The number of ether oxygens (including phenoxy) is 2. The molecule has 334 valence electrons. The first-order chi connectivity index (χ1) is 31.4. The molecule has 0 saturated carbocycles. The first-order valence-corrected chi connectivity index (χ1v) is 23.7. The second-order valence-electron chi connectivity index (χ2n) is 17.3. The van der Waals surface area contributed by atoms with Crippen molar-refractivity contribution in [2.45, 2.75) is 75.8 Å². The lowest BCUT2D eigenvalue weighted by Crippen LogP contribution is -2.47. The molecule has 10 heteroatoms. The fourth-order valence-electron chi connectivity index (χ4n) is 8.54. The Bertz CT molecular complexity index is 2820. The van der Waals surface area contributed by atoms with Crippen molar-refractivity contribution >= 4 is 26.7 Å². The predicted molar refractivity (Wildman–Crippen MR) is 257 cm³/mol. The Hall–Kier alpha value is -5.98. The molecule has 8 rings (SSSR count). The van der Waals surface area contributed by atoms with Crippen molar-refractivity contribution in [1.82, 2.24) is 14.9 Å². The number of nitrogens with one attached hydrogen (secondary N) is 2. The Kier molecular flexibility index (Phi) is 14.3. The summed E-state index contributed by atoms with van der Waals surface area (Å²) in [4.78, 5) is 16.3. The third-order valence-electron chi connectivity index (χ3n) is 12.6. The van der Waals surface area contributed by atoms with Crippen LogP contribution in [-0.4, -0.2) is 50.1 Å². The first-order valence-electron chi connectivity index (χ1n) is 22.2. The summed E-state index contributed by atoms with van der Waals surface area (Å²) in [5.41, 5.74) is 8.52. The zero-order valence-electron chi connectivity index (χ0n) is 37.3. The smallest absolute Gasteiger partial charge is 0.241 e. The molecule has 7 aromatic carbocycles. The number of hydrogen-bond donors (Lipinski definition) is 3. The van der Waals surface area contributed by atoms with Crippen LogP contribution in [0.15, 0.2) is 175 Å². The second kappa shape index (κ2) is 20.5. The second-order valence-corrected chi connectivity index (χ2v) is 19.0. The molecule has 1 saturated heterocycles. The van der Waals surface area contributed by atoms with Gasteiger partial charge in [0.1, 0.15) is 6.04 Å². The molecule has 1 aliphatic rings. The maximum Gasteiger partial charge on any atom is 0.241 e. The number of carbonyl (C=O) groups is 1. The van der Waals surface area contributed by atoms with Crippen LogP contribution in [0, 0.1) is 12.8 Å². The minimum Gasteiger partial charge on any atom is -0.392 e. The van der Waals surface area contributed by atoms with Gasteiger partial charge in [0.15, 0.2) is 6.29 Å². The highest BCUT2D eigenvalue weighted by molar-refractivity contribution is 7.89. The molecule has 9 nitrogen and oxygen atoms in total. The van der Waals surface area contributed by atoms with E-state index in [0.717, 1.165) is 44.5 Å². The van der Waals surface area contributed by atoms with Gasteiger partial charge in [0.25, 0.3) is 0 Å². The number of aliphatic hydroxyl groups excluding tert-OH is 1. The summed E-state index contributed by atoms with van der Waals surface area (Å²) >= 11 is 0. The molecular formula is C55H57N3O6S. The Labute approximate surface area is 383 Å². The van der Waals surface area contributed by atoms with Gasteiger partial charge in [0.05, 0.1) is 23.7 Å². The van der Waals surface area contributed by atoms with Crippen LogP contribution in [0.25, 0.3) is 21.9 Å². The number of hydrogen-bond acceptors (Lipinski definition) is 7. The summed E-state index contributed by atoms with van der Waals surface area (Å²) in [7, 11) is -1.83. The lowest BCUT2D eigenvalue weighted by Gasteiger charge is -2.43. The maximum atomic E-state index is 13.8. The number of benzene rings is 7. The molecule has 65 heavy (non-hydrogen) atoms. The van der Waals surface area contributed by atoms with Crippen molar-refractivity contribution in [2.24, 2.45) is 5.92 Å². The Morgan fingerprint density at radius 3 is 2.12 bits per heavy atom. The van der Waals surface area contributed by atoms with Crippen LogP contribution >= 0.6 is 0 Å². The van der Waals surface area contributed by atoms with Crippen LogP contribution in [0.4, 0.5) is 0 Å². The number of likely N-dealkylation sites (N-methyl/N-ethyl adjacent to an activating group) is 1. The highest BCUT2D eigenvalue weighted by Crippen LogP contribution is 2.43.